The second kappa shape index (κ2) is 6.29. The molecule has 0 saturated heterocycles. The fourth-order valence-electron chi connectivity index (χ4n) is 1.81. The van der Waals surface area contributed by atoms with E-state index < -0.39 is 0 Å². The van der Waals surface area contributed by atoms with Gasteiger partial charge in [0.05, 0.1) is 0 Å². The fraction of sp³-hybridized carbons (Fsp3) is 0.333. The van der Waals surface area contributed by atoms with Gasteiger partial charge in [0.2, 0.25) is 5.88 Å². The van der Waals surface area contributed by atoms with Gasteiger partial charge in [-0.1, -0.05) is 19.1 Å². The van der Waals surface area contributed by atoms with Crippen LogP contribution in [0.15, 0.2) is 30.3 Å². The monoisotopic (exact) mass is 258 g/mol. The van der Waals surface area contributed by atoms with Crippen molar-refractivity contribution in [2.75, 3.05) is 6.61 Å². The molecule has 1 aromatic carbocycles. The number of nitrogens with zero attached hydrogens (tertiary/aromatic N) is 2. The third kappa shape index (κ3) is 3.76. The first-order valence-corrected chi connectivity index (χ1v) is 6.43. The number of aryl methyl sites for hydroxylation is 2. The number of rotatable bonds is 5. The lowest BCUT2D eigenvalue weighted by atomic mass is 10.1. The number of hydrogen-bond acceptors (Lipinski definition) is 4. The van der Waals surface area contributed by atoms with Crippen LogP contribution in [-0.2, 0) is 12.8 Å². The van der Waals surface area contributed by atoms with Crippen molar-refractivity contribution in [2.24, 2.45) is 0 Å². The van der Waals surface area contributed by atoms with Gasteiger partial charge >= 0.3 is 0 Å². The third-order valence-electron chi connectivity index (χ3n) is 2.78. The molecule has 1 N–H and O–H groups in total. The maximum atomic E-state index is 8.86. The molecule has 2 aromatic rings. The molecule has 0 spiro atoms. The second-order valence-electron chi connectivity index (χ2n) is 4.32. The Bertz CT molecular complexity index is 538. The molecule has 2 rings (SSSR count). The normalized spacial score (nSPS) is 10.5. The minimum atomic E-state index is 0.158. The van der Waals surface area contributed by atoms with Gasteiger partial charge in [0.15, 0.2) is 0 Å². The average molecular weight is 258 g/mol. The highest BCUT2D eigenvalue weighted by molar-refractivity contribution is 5.31. The van der Waals surface area contributed by atoms with E-state index in [1.807, 2.05) is 37.3 Å². The van der Waals surface area contributed by atoms with Gasteiger partial charge in [0.1, 0.15) is 11.6 Å². The van der Waals surface area contributed by atoms with Crippen LogP contribution in [0.1, 0.15) is 24.0 Å². The van der Waals surface area contributed by atoms with Gasteiger partial charge in [-0.05, 0) is 37.5 Å². The van der Waals surface area contributed by atoms with Gasteiger partial charge in [0.25, 0.3) is 0 Å². The largest absolute Gasteiger partial charge is 0.439 e. The Morgan fingerprint density at radius 2 is 1.89 bits per heavy atom. The van der Waals surface area contributed by atoms with Gasteiger partial charge in [-0.2, -0.15) is 4.98 Å². The highest BCUT2D eigenvalue weighted by Crippen LogP contribution is 2.20. The molecule has 0 bridgehead atoms. The molecule has 0 aliphatic rings. The predicted octanol–water partition coefficient (Wildman–Crippen LogP) is 2.67. The Morgan fingerprint density at radius 1 is 1.16 bits per heavy atom. The van der Waals surface area contributed by atoms with Crippen LogP contribution in [0.4, 0.5) is 0 Å². The standard InChI is InChI=1S/C15H18N2O2/c1-3-13-10-15(17-11(2)16-13)19-14-6-4-12(5-7-14)8-9-18/h4-7,10,18H,3,8-9H2,1-2H3. The van der Waals surface area contributed by atoms with Gasteiger partial charge in [0, 0.05) is 18.4 Å². The number of aliphatic hydroxyl groups excluding tert-OH is 1. The molecule has 4 heteroatoms. The quantitative estimate of drug-likeness (QED) is 0.895. The van der Waals surface area contributed by atoms with Crippen molar-refractivity contribution in [3.05, 3.63) is 47.4 Å². The first kappa shape index (κ1) is 13.5. The number of hydrogen-bond donors (Lipinski definition) is 1. The van der Waals surface area contributed by atoms with Crippen molar-refractivity contribution in [3.63, 3.8) is 0 Å². The van der Waals surface area contributed by atoms with Crippen molar-refractivity contribution in [2.45, 2.75) is 26.7 Å². The average Bonchev–Trinajstić information content (AvgIpc) is 2.40. The minimum absolute atomic E-state index is 0.158. The van der Waals surface area contributed by atoms with Gasteiger partial charge < -0.3 is 9.84 Å². The number of benzene rings is 1. The van der Waals surface area contributed by atoms with E-state index in [4.69, 9.17) is 9.84 Å². The SMILES string of the molecule is CCc1cc(Oc2ccc(CCO)cc2)nc(C)n1. The molecule has 0 amide bonds. The molecule has 1 heterocycles. The Kier molecular flexibility index (Phi) is 4.47. The summed E-state index contributed by atoms with van der Waals surface area (Å²) in [5.41, 5.74) is 2.06. The van der Waals surface area contributed by atoms with Crippen molar-refractivity contribution in [1.29, 1.82) is 0 Å². The van der Waals surface area contributed by atoms with Crippen LogP contribution < -0.4 is 4.74 Å². The van der Waals surface area contributed by atoms with E-state index in [0.29, 0.717) is 18.1 Å². The molecule has 0 saturated carbocycles. The van der Waals surface area contributed by atoms with Gasteiger partial charge in [-0.3, -0.25) is 0 Å². The summed E-state index contributed by atoms with van der Waals surface area (Å²) >= 11 is 0. The van der Waals surface area contributed by atoms with E-state index in [-0.39, 0.29) is 6.61 Å². The number of aromatic nitrogens is 2. The summed E-state index contributed by atoms with van der Waals surface area (Å²) in [6, 6.07) is 9.51. The third-order valence-corrected chi connectivity index (χ3v) is 2.78. The topological polar surface area (TPSA) is 55.2 Å². The summed E-state index contributed by atoms with van der Waals surface area (Å²) in [6.45, 7) is 4.07. The van der Waals surface area contributed by atoms with Crippen LogP contribution >= 0.6 is 0 Å². The highest BCUT2D eigenvalue weighted by Gasteiger charge is 2.03. The lowest BCUT2D eigenvalue weighted by Crippen LogP contribution is -1.97. The molecule has 0 radical (unpaired) electrons. The highest BCUT2D eigenvalue weighted by atomic mass is 16.5. The van der Waals surface area contributed by atoms with E-state index in [1.54, 1.807) is 0 Å². The van der Waals surface area contributed by atoms with Crippen molar-refractivity contribution >= 4 is 0 Å². The summed E-state index contributed by atoms with van der Waals surface area (Å²) in [5.74, 6) is 2.02. The van der Waals surface area contributed by atoms with E-state index >= 15 is 0 Å². The van der Waals surface area contributed by atoms with Crippen LogP contribution in [0.25, 0.3) is 0 Å². The molecular formula is C15H18N2O2. The molecule has 0 fully saturated rings. The second-order valence-corrected chi connectivity index (χ2v) is 4.32. The number of aliphatic hydroxyl groups is 1. The maximum absolute atomic E-state index is 8.86. The van der Waals surface area contributed by atoms with E-state index in [1.165, 1.54) is 0 Å². The summed E-state index contributed by atoms with van der Waals surface area (Å²) in [5, 5.41) is 8.86. The van der Waals surface area contributed by atoms with Crippen LogP contribution in [0.3, 0.4) is 0 Å². The molecule has 0 aliphatic carbocycles. The van der Waals surface area contributed by atoms with E-state index in [9.17, 15) is 0 Å². The molecule has 1 aromatic heterocycles. The fourth-order valence-corrected chi connectivity index (χ4v) is 1.81. The molecular weight excluding hydrogens is 240 g/mol. The zero-order valence-electron chi connectivity index (χ0n) is 11.3. The Balaban J connectivity index is 2.14. The van der Waals surface area contributed by atoms with Crippen molar-refractivity contribution < 1.29 is 9.84 Å². The maximum Gasteiger partial charge on any atom is 0.222 e. The van der Waals surface area contributed by atoms with Gasteiger partial charge in [-0.25, -0.2) is 4.98 Å². The molecule has 0 aliphatic heterocycles. The van der Waals surface area contributed by atoms with E-state index in [0.717, 1.165) is 23.4 Å². The summed E-state index contributed by atoms with van der Waals surface area (Å²) in [6.07, 6.45) is 1.52. The first-order chi connectivity index (χ1) is 9.21. The van der Waals surface area contributed by atoms with Crippen LogP contribution in [0.5, 0.6) is 11.6 Å². The predicted molar refractivity (Wildman–Crippen MR) is 73.5 cm³/mol. The smallest absolute Gasteiger partial charge is 0.222 e. The Labute approximate surface area is 113 Å². The summed E-state index contributed by atoms with van der Waals surface area (Å²) in [7, 11) is 0. The molecule has 19 heavy (non-hydrogen) atoms. The lowest BCUT2D eigenvalue weighted by Gasteiger charge is -2.07. The molecule has 0 atom stereocenters. The molecule has 0 unspecified atom stereocenters. The Hall–Kier alpha value is -1.94. The summed E-state index contributed by atoms with van der Waals surface area (Å²) < 4.78 is 5.72. The lowest BCUT2D eigenvalue weighted by molar-refractivity contribution is 0.299. The van der Waals surface area contributed by atoms with Crippen molar-refractivity contribution in [1.82, 2.24) is 9.97 Å². The molecule has 100 valence electrons. The van der Waals surface area contributed by atoms with E-state index in [2.05, 4.69) is 16.9 Å². The number of ether oxygens (including phenoxy) is 1. The van der Waals surface area contributed by atoms with Crippen LogP contribution in [0, 0.1) is 6.92 Å². The van der Waals surface area contributed by atoms with Crippen LogP contribution in [-0.4, -0.2) is 21.7 Å². The minimum Gasteiger partial charge on any atom is -0.439 e. The molecule has 4 nitrogen and oxygen atoms in total. The summed E-state index contributed by atoms with van der Waals surface area (Å²) in [4.78, 5) is 8.58. The zero-order valence-corrected chi connectivity index (χ0v) is 11.3. The van der Waals surface area contributed by atoms with Crippen LogP contribution in [0.2, 0.25) is 0 Å². The Morgan fingerprint density at radius 3 is 2.53 bits per heavy atom. The first-order valence-electron chi connectivity index (χ1n) is 6.43. The van der Waals surface area contributed by atoms with Gasteiger partial charge in [-0.15, -0.1) is 0 Å². The van der Waals surface area contributed by atoms with Crippen molar-refractivity contribution in [3.8, 4) is 11.6 Å². The zero-order chi connectivity index (χ0) is 13.7.